The minimum absolute atomic E-state index is 0.0360. The molecule has 3 fully saturated rings. The third-order valence-corrected chi connectivity index (χ3v) is 6.43. The van der Waals surface area contributed by atoms with Gasteiger partial charge < -0.3 is 14.3 Å². The second kappa shape index (κ2) is 3.90. The maximum Gasteiger partial charge on any atom is 0.263 e. The van der Waals surface area contributed by atoms with Crippen molar-refractivity contribution in [3.8, 4) is 0 Å². The summed E-state index contributed by atoms with van der Waals surface area (Å²) in [6.45, 7) is 6.42. The number of Topliss-reactive ketones (excluding diaryl/α,β-unsaturated/α-hetero) is 1. The number of ether oxygens (including phenoxy) is 1. The van der Waals surface area contributed by atoms with Gasteiger partial charge in [-0.05, 0) is 5.41 Å². The first-order chi connectivity index (χ1) is 9.74. The molecule has 3 saturated heterocycles. The molecule has 4 nitrogen and oxygen atoms in total. The van der Waals surface area contributed by atoms with E-state index in [9.17, 15) is 9.90 Å². The Morgan fingerprint density at radius 3 is 2.57 bits per heavy atom. The number of aliphatic hydroxyl groups is 1. The highest BCUT2D eigenvalue weighted by molar-refractivity contribution is 5.97. The highest BCUT2D eigenvalue weighted by atomic mass is 16.6. The van der Waals surface area contributed by atoms with Gasteiger partial charge in [0.2, 0.25) is 0 Å². The second-order valence-electron chi connectivity index (χ2n) is 8.62. The van der Waals surface area contributed by atoms with Crippen LogP contribution in [0.3, 0.4) is 0 Å². The fraction of sp³-hybridized carbons (Fsp3) is 0.824. The first kappa shape index (κ1) is 13.8. The van der Waals surface area contributed by atoms with Gasteiger partial charge in [0, 0.05) is 43.6 Å². The van der Waals surface area contributed by atoms with E-state index in [1.807, 2.05) is 0 Å². The molecule has 0 aromatic heterocycles. The van der Waals surface area contributed by atoms with Gasteiger partial charge in [-0.15, -0.1) is 0 Å². The van der Waals surface area contributed by atoms with Gasteiger partial charge in [-0.1, -0.05) is 13.8 Å². The summed E-state index contributed by atoms with van der Waals surface area (Å²) in [7, 11) is 2.22. The molecule has 0 aromatic carbocycles. The number of carbonyl (C=O) groups excluding carboxylic acids is 1. The van der Waals surface area contributed by atoms with Gasteiger partial charge in [-0.2, -0.15) is 0 Å². The van der Waals surface area contributed by atoms with Crippen molar-refractivity contribution in [2.75, 3.05) is 20.1 Å². The molecule has 5 rings (SSSR count). The number of likely N-dealkylation sites (N-methyl/N-ethyl adjacent to an activating group) is 1. The number of rotatable bonds is 0. The average Bonchev–Trinajstić information content (AvgIpc) is 2.35. The smallest absolute Gasteiger partial charge is 0.263 e. The quantitative estimate of drug-likeness (QED) is 0.694. The van der Waals surface area contributed by atoms with Crippen molar-refractivity contribution in [1.82, 2.24) is 0 Å². The fourth-order valence-electron chi connectivity index (χ4n) is 5.14. The summed E-state index contributed by atoms with van der Waals surface area (Å²) in [5.41, 5.74) is 0.821. The largest absolute Gasteiger partial charge is 0.460 e. The molecule has 5 aliphatic rings. The third kappa shape index (κ3) is 1.78. The zero-order valence-electron chi connectivity index (χ0n) is 13.3. The normalized spacial score (nSPS) is 47.7. The number of quaternary nitrogens is 1. The van der Waals surface area contributed by atoms with E-state index in [2.05, 4.69) is 20.9 Å². The van der Waals surface area contributed by atoms with E-state index in [4.69, 9.17) is 4.74 Å². The van der Waals surface area contributed by atoms with Crippen molar-refractivity contribution in [1.29, 1.82) is 0 Å². The van der Waals surface area contributed by atoms with E-state index >= 15 is 0 Å². The number of hydrogen-bond acceptors (Lipinski definition) is 3. The number of nitrogens with zero attached hydrogens (tertiary/aromatic N) is 1. The maximum absolute atomic E-state index is 12.5. The molecular weight excluding hydrogens is 266 g/mol. The van der Waals surface area contributed by atoms with Gasteiger partial charge in [-0.25, -0.2) is 0 Å². The Morgan fingerprint density at radius 1 is 1.24 bits per heavy atom. The van der Waals surface area contributed by atoms with Crippen LogP contribution in [-0.2, 0) is 9.53 Å². The summed E-state index contributed by atoms with van der Waals surface area (Å²) >= 11 is 0. The van der Waals surface area contributed by atoms with E-state index in [1.165, 1.54) is 0 Å². The monoisotopic (exact) mass is 292 g/mol. The lowest BCUT2D eigenvalue weighted by atomic mass is 9.68. The number of hydrogen-bond donors (Lipinski definition) is 1. The maximum atomic E-state index is 12.5. The predicted octanol–water partition coefficient (Wildman–Crippen LogP) is 1.98. The Labute approximate surface area is 126 Å². The Balaban J connectivity index is 1.77. The molecule has 1 aliphatic carbocycles. The summed E-state index contributed by atoms with van der Waals surface area (Å²) in [6, 6.07) is 0.0360. The van der Waals surface area contributed by atoms with Gasteiger partial charge in [0.25, 0.3) is 5.79 Å². The SMILES string of the molecule is CC1(C)CC(=O)C2=C(C1)O[C@]1(O)C3CC[N+](C)(CC3)[C@@H]1C2. The summed E-state index contributed by atoms with van der Waals surface area (Å²) in [5.74, 6) is 0.210. The number of ketones is 1. The molecule has 4 aliphatic heterocycles. The molecule has 0 amide bonds. The Kier molecular flexibility index (Phi) is 2.56. The van der Waals surface area contributed by atoms with Gasteiger partial charge in [0.1, 0.15) is 5.76 Å². The van der Waals surface area contributed by atoms with E-state index in [-0.39, 0.29) is 23.2 Å². The van der Waals surface area contributed by atoms with Crippen LogP contribution in [0.4, 0.5) is 0 Å². The van der Waals surface area contributed by atoms with Crippen molar-refractivity contribution in [2.45, 2.75) is 57.8 Å². The van der Waals surface area contributed by atoms with Crippen LogP contribution in [0, 0.1) is 11.3 Å². The van der Waals surface area contributed by atoms with Gasteiger partial charge in [0.05, 0.1) is 20.1 Å². The van der Waals surface area contributed by atoms with Crippen LogP contribution >= 0.6 is 0 Å². The Bertz CT molecular complexity index is 542. The van der Waals surface area contributed by atoms with Crippen LogP contribution in [0.15, 0.2) is 11.3 Å². The van der Waals surface area contributed by atoms with Gasteiger partial charge in [-0.3, -0.25) is 4.79 Å². The van der Waals surface area contributed by atoms with E-state index in [1.54, 1.807) is 0 Å². The van der Waals surface area contributed by atoms with Crippen molar-refractivity contribution < 1.29 is 19.1 Å². The topological polar surface area (TPSA) is 46.5 Å². The lowest BCUT2D eigenvalue weighted by molar-refractivity contribution is -0.963. The number of fused-ring (bicyclic) bond motifs is 2. The molecule has 0 radical (unpaired) electrons. The fourth-order valence-corrected chi connectivity index (χ4v) is 5.14. The predicted molar refractivity (Wildman–Crippen MR) is 78.1 cm³/mol. The van der Waals surface area contributed by atoms with E-state index in [0.29, 0.717) is 12.8 Å². The molecule has 0 spiro atoms. The lowest BCUT2D eigenvalue weighted by Crippen LogP contribution is -2.75. The molecule has 0 unspecified atom stereocenters. The van der Waals surface area contributed by atoms with Crippen molar-refractivity contribution >= 4 is 5.78 Å². The average molecular weight is 292 g/mol. The number of carbonyl (C=O) groups is 1. The van der Waals surface area contributed by atoms with Crippen LogP contribution < -0.4 is 0 Å². The highest BCUT2D eigenvalue weighted by Gasteiger charge is 2.65. The molecule has 4 heteroatoms. The Morgan fingerprint density at radius 2 is 1.90 bits per heavy atom. The van der Waals surface area contributed by atoms with Gasteiger partial charge in [0.15, 0.2) is 11.8 Å². The van der Waals surface area contributed by atoms with Crippen molar-refractivity contribution in [3.05, 3.63) is 11.3 Å². The molecule has 21 heavy (non-hydrogen) atoms. The molecule has 2 atom stereocenters. The van der Waals surface area contributed by atoms with Crippen LogP contribution in [0.2, 0.25) is 0 Å². The molecule has 116 valence electrons. The molecular formula is C17H26NO3+. The second-order valence-corrected chi connectivity index (χ2v) is 8.62. The summed E-state index contributed by atoms with van der Waals surface area (Å²) in [4.78, 5) is 12.5. The Hall–Kier alpha value is -0.870. The summed E-state index contributed by atoms with van der Waals surface area (Å²) < 4.78 is 7.05. The first-order valence-corrected chi connectivity index (χ1v) is 8.24. The molecule has 0 aromatic rings. The van der Waals surface area contributed by atoms with E-state index < -0.39 is 5.79 Å². The van der Waals surface area contributed by atoms with Gasteiger partial charge >= 0.3 is 0 Å². The minimum Gasteiger partial charge on any atom is -0.460 e. The highest BCUT2D eigenvalue weighted by Crippen LogP contribution is 2.53. The molecule has 0 saturated carbocycles. The first-order valence-electron chi connectivity index (χ1n) is 8.24. The summed E-state index contributed by atoms with van der Waals surface area (Å²) in [5, 5.41) is 11.3. The number of piperidine rings is 3. The molecule has 4 heterocycles. The van der Waals surface area contributed by atoms with Crippen LogP contribution in [0.5, 0.6) is 0 Å². The van der Waals surface area contributed by atoms with Crippen LogP contribution in [0.1, 0.15) is 46.0 Å². The zero-order chi connectivity index (χ0) is 15.0. The standard InChI is InChI=1S/C17H26NO3/c1-16(2)9-13(19)12-8-15-17(20,21-14(12)10-16)11-4-6-18(15,3)7-5-11/h11,15,20H,4-10H2,1-3H3/q+1/t11?,15-,17-,18?/m1/s1. The van der Waals surface area contributed by atoms with Crippen molar-refractivity contribution in [3.63, 3.8) is 0 Å². The van der Waals surface area contributed by atoms with E-state index in [0.717, 1.165) is 48.2 Å². The zero-order valence-corrected chi connectivity index (χ0v) is 13.3. The van der Waals surface area contributed by atoms with Crippen LogP contribution in [-0.4, -0.2) is 47.3 Å². The lowest BCUT2D eigenvalue weighted by Gasteiger charge is -2.61. The molecule has 1 N–H and O–H groups in total. The summed E-state index contributed by atoms with van der Waals surface area (Å²) in [6.07, 6.45) is 4.15. The number of allylic oxidation sites excluding steroid dienone is 1. The minimum atomic E-state index is -1.04. The third-order valence-electron chi connectivity index (χ3n) is 6.43. The van der Waals surface area contributed by atoms with Crippen molar-refractivity contribution in [2.24, 2.45) is 11.3 Å². The molecule has 2 bridgehead atoms. The van der Waals surface area contributed by atoms with Crippen LogP contribution in [0.25, 0.3) is 0 Å².